The third kappa shape index (κ3) is 4.13. The maximum atomic E-state index is 5.80. The summed E-state index contributed by atoms with van der Waals surface area (Å²) in [5.74, 6) is 0.622. The fraction of sp³-hybridized carbons (Fsp3) is 0.444. The summed E-state index contributed by atoms with van der Waals surface area (Å²) in [6, 6.07) is 5.64. The summed E-state index contributed by atoms with van der Waals surface area (Å²) in [5, 5.41) is 0. The van der Waals surface area contributed by atoms with Crippen molar-refractivity contribution in [2.75, 3.05) is 7.11 Å². The Kier molecular flexibility index (Phi) is 8.94. The van der Waals surface area contributed by atoms with E-state index in [9.17, 15) is 0 Å². The standard InChI is InChI=1S/C9H14N2O.2ClH/c1-3-7(10)8-5-4-6-9(11-8)12-2;;/h4-7H,3,10H2,1-2H3;2*1H. The lowest BCUT2D eigenvalue weighted by Crippen LogP contribution is -2.10. The third-order valence-corrected chi connectivity index (χ3v) is 1.77. The second-order valence-corrected chi connectivity index (χ2v) is 2.62. The Bertz CT molecular complexity index is 258. The molecule has 5 heteroatoms. The largest absolute Gasteiger partial charge is 0.481 e. The van der Waals surface area contributed by atoms with Crippen molar-refractivity contribution >= 4 is 24.8 Å². The van der Waals surface area contributed by atoms with Gasteiger partial charge in [-0.1, -0.05) is 13.0 Å². The molecule has 0 saturated heterocycles. The average molecular weight is 239 g/mol. The van der Waals surface area contributed by atoms with Gasteiger partial charge in [-0.3, -0.25) is 0 Å². The Morgan fingerprint density at radius 1 is 1.43 bits per heavy atom. The van der Waals surface area contributed by atoms with Crippen LogP contribution in [0, 0.1) is 0 Å². The van der Waals surface area contributed by atoms with Gasteiger partial charge in [0.25, 0.3) is 0 Å². The zero-order valence-corrected chi connectivity index (χ0v) is 9.90. The predicted molar refractivity (Wildman–Crippen MR) is 62.5 cm³/mol. The van der Waals surface area contributed by atoms with Crippen molar-refractivity contribution in [3.05, 3.63) is 23.9 Å². The highest BCUT2D eigenvalue weighted by molar-refractivity contribution is 5.85. The minimum atomic E-state index is 0. The topological polar surface area (TPSA) is 48.1 Å². The monoisotopic (exact) mass is 238 g/mol. The molecule has 1 heterocycles. The van der Waals surface area contributed by atoms with Crippen molar-refractivity contribution in [2.45, 2.75) is 19.4 Å². The lowest BCUT2D eigenvalue weighted by atomic mass is 10.1. The first kappa shape index (κ1) is 15.9. The minimum absolute atomic E-state index is 0. The van der Waals surface area contributed by atoms with Crippen molar-refractivity contribution in [3.63, 3.8) is 0 Å². The number of rotatable bonds is 3. The molecule has 0 radical (unpaired) electrons. The lowest BCUT2D eigenvalue weighted by Gasteiger charge is -2.08. The number of halogens is 2. The van der Waals surface area contributed by atoms with Gasteiger partial charge in [0, 0.05) is 12.1 Å². The first-order valence-electron chi connectivity index (χ1n) is 4.04. The van der Waals surface area contributed by atoms with Crippen LogP contribution in [-0.2, 0) is 0 Å². The molecule has 2 N–H and O–H groups in total. The molecule has 0 saturated carbocycles. The maximum Gasteiger partial charge on any atom is 0.213 e. The molecule has 1 unspecified atom stereocenters. The van der Waals surface area contributed by atoms with Crippen molar-refractivity contribution in [3.8, 4) is 5.88 Å². The fourth-order valence-electron chi connectivity index (χ4n) is 0.960. The van der Waals surface area contributed by atoms with Gasteiger partial charge in [0.2, 0.25) is 5.88 Å². The number of hydrogen-bond acceptors (Lipinski definition) is 3. The second-order valence-electron chi connectivity index (χ2n) is 2.62. The van der Waals surface area contributed by atoms with Gasteiger partial charge in [0.05, 0.1) is 12.8 Å². The van der Waals surface area contributed by atoms with Gasteiger partial charge in [-0.25, -0.2) is 4.98 Å². The summed E-state index contributed by atoms with van der Waals surface area (Å²) >= 11 is 0. The SMILES string of the molecule is CCC(N)c1cccc(OC)n1.Cl.Cl. The molecule has 1 rings (SSSR count). The molecule has 1 aromatic heterocycles. The molecule has 0 aliphatic carbocycles. The van der Waals surface area contributed by atoms with Crippen LogP contribution in [-0.4, -0.2) is 12.1 Å². The number of hydrogen-bond donors (Lipinski definition) is 1. The van der Waals surface area contributed by atoms with E-state index in [2.05, 4.69) is 4.98 Å². The second kappa shape index (κ2) is 7.85. The smallest absolute Gasteiger partial charge is 0.213 e. The molecule has 3 nitrogen and oxygen atoms in total. The first-order chi connectivity index (χ1) is 5.77. The Hall–Kier alpha value is -0.510. The highest BCUT2D eigenvalue weighted by Gasteiger charge is 2.04. The zero-order valence-electron chi connectivity index (χ0n) is 8.27. The number of methoxy groups -OCH3 is 1. The zero-order chi connectivity index (χ0) is 8.97. The molecule has 0 bridgehead atoms. The summed E-state index contributed by atoms with van der Waals surface area (Å²) < 4.78 is 4.98. The molecule has 82 valence electrons. The Morgan fingerprint density at radius 2 is 2.07 bits per heavy atom. The molecule has 0 aromatic carbocycles. The van der Waals surface area contributed by atoms with Crippen LogP contribution in [0.15, 0.2) is 18.2 Å². The van der Waals surface area contributed by atoms with Crippen LogP contribution in [0.2, 0.25) is 0 Å². The summed E-state index contributed by atoms with van der Waals surface area (Å²) in [6.45, 7) is 2.03. The fourth-order valence-corrected chi connectivity index (χ4v) is 0.960. The van der Waals surface area contributed by atoms with Crippen LogP contribution >= 0.6 is 24.8 Å². The Balaban J connectivity index is 0. The van der Waals surface area contributed by atoms with Crippen LogP contribution in [0.25, 0.3) is 0 Å². The third-order valence-electron chi connectivity index (χ3n) is 1.77. The van der Waals surface area contributed by atoms with E-state index in [1.54, 1.807) is 7.11 Å². The van der Waals surface area contributed by atoms with E-state index < -0.39 is 0 Å². The molecule has 0 amide bonds. The molecule has 0 aliphatic heterocycles. The molecular formula is C9H16Cl2N2O. The van der Waals surface area contributed by atoms with Gasteiger partial charge in [-0.05, 0) is 12.5 Å². The molecule has 1 atom stereocenters. The molecule has 0 fully saturated rings. The van der Waals surface area contributed by atoms with Gasteiger partial charge in [-0.2, -0.15) is 0 Å². The summed E-state index contributed by atoms with van der Waals surface area (Å²) in [4.78, 5) is 4.21. The maximum absolute atomic E-state index is 5.80. The van der Waals surface area contributed by atoms with Gasteiger partial charge < -0.3 is 10.5 Å². The number of nitrogens with zero attached hydrogens (tertiary/aromatic N) is 1. The van der Waals surface area contributed by atoms with E-state index >= 15 is 0 Å². The van der Waals surface area contributed by atoms with Crippen LogP contribution in [0.5, 0.6) is 5.88 Å². The van der Waals surface area contributed by atoms with E-state index in [1.807, 2.05) is 25.1 Å². The highest BCUT2D eigenvalue weighted by Crippen LogP contribution is 2.14. The number of aromatic nitrogens is 1. The van der Waals surface area contributed by atoms with Gasteiger partial charge in [0.15, 0.2) is 0 Å². The van der Waals surface area contributed by atoms with E-state index in [0.717, 1.165) is 12.1 Å². The predicted octanol–water partition coefficient (Wildman–Crippen LogP) is 2.34. The molecule has 14 heavy (non-hydrogen) atoms. The highest BCUT2D eigenvalue weighted by atomic mass is 35.5. The van der Waals surface area contributed by atoms with Crippen molar-refractivity contribution in [2.24, 2.45) is 5.73 Å². The normalized spacial score (nSPS) is 10.8. The van der Waals surface area contributed by atoms with E-state index in [1.165, 1.54) is 0 Å². The van der Waals surface area contributed by atoms with E-state index in [4.69, 9.17) is 10.5 Å². The van der Waals surface area contributed by atoms with Crippen molar-refractivity contribution < 1.29 is 4.74 Å². The first-order valence-corrected chi connectivity index (χ1v) is 4.04. The van der Waals surface area contributed by atoms with Crippen molar-refractivity contribution in [1.29, 1.82) is 0 Å². The number of ether oxygens (including phenoxy) is 1. The Labute approximate surface area is 96.9 Å². The molecule has 0 aliphatic rings. The minimum Gasteiger partial charge on any atom is -0.481 e. The van der Waals surface area contributed by atoms with Gasteiger partial charge in [0.1, 0.15) is 0 Å². The number of pyridine rings is 1. The summed E-state index contributed by atoms with van der Waals surface area (Å²) in [5.41, 5.74) is 6.69. The van der Waals surface area contributed by atoms with Crippen LogP contribution in [0.1, 0.15) is 25.1 Å². The summed E-state index contributed by atoms with van der Waals surface area (Å²) in [6.07, 6.45) is 0.889. The average Bonchev–Trinajstić information content (AvgIpc) is 2.17. The van der Waals surface area contributed by atoms with Crippen LogP contribution in [0.3, 0.4) is 0 Å². The van der Waals surface area contributed by atoms with E-state index in [0.29, 0.717) is 5.88 Å². The quantitative estimate of drug-likeness (QED) is 0.880. The molecular weight excluding hydrogens is 223 g/mol. The molecule has 0 spiro atoms. The number of nitrogens with two attached hydrogens (primary N) is 1. The van der Waals surface area contributed by atoms with Crippen LogP contribution < -0.4 is 10.5 Å². The Morgan fingerprint density at radius 3 is 2.57 bits per heavy atom. The molecule has 1 aromatic rings. The van der Waals surface area contributed by atoms with Gasteiger partial charge >= 0.3 is 0 Å². The van der Waals surface area contributed by atoms with E-state index in [-0.39, 0.29) is 30.9 Å². The van der Waals surface area contributed by atoms with Crippen molar-refractivity contribution in [1.82, 2.24) is 4.98 Å². The summed E-state index contributed by atoms with van der Waals surface area (Å²) in [7, 11) is 1.60. The van der Waals surface area contributed by atoms with Crippen LogP contribution in [0.4, 0.5) is 0 Å². The lowest BCUT2D eigenvalue weighted by molar-refractivity contribution is 0.394. The van der Waals surface area contributed by atoms with Gasteiger partial charge in [-0.15, -0.1) is 24.8 Å².